The molecule has 0 fully saturated rings. The number of ketones is 1. The molecule has 4 nitrogen and oxygen atoms in total. The summed E-state index contributed by atoms with van der Waals surface area (Å²) in [7, 11) is 3.05. The predicted octanol–water partition coefficient (Wildman–Crippen LogP) is 2.83. The molecule has 0 bridgehead atoms. The molecule has 0 aliphatic rings. The van der Waals surface area contributed by atoms with Crippen molar-refractivity contribution in [1.82, 2.24) is 0 Å². The van der Waals surface area contributed by atoms with Crippen LogP contribution in [0.2, 0.25) is 0 Å². The molecule has 0 spiro atoms. The number of hydrogen-bond donors (Lipinski definition) is 1. The molecule has 0 radical (unpaired) electrons. The number of benzene rings is 2. The van der Waals surface area contributed by atoms with Crippen molar-refractivity contribution in [3.05, 3.63) is 53.1 Å². The molecule has 2 aromatic carbocycles. The average Bonchev–Trinajstić information content (AvgIpc) is 2.46. The molecule has 2 rings (SSSR count). The maximum atomic E-state index is 12.5. The molecule has 0 amide bonds. The van der Waals surface area contributed by atoms with Gasteiger partial charge in [0.1, 0.15) is 0 Å². The van der Waals surface area contributed by atoms with Crippen LogP contribution in [0.25, 0.3) is 0 Å². The number of carbonyl (C=O) groups excluding carboxylic acids is 1. The van der Waals surface area contributed by atoms with E-state index in [9.17, 15) is 4.79 Å². The number of nitrogens with two attached hydrogens (primary N) is 1. The number of carbonyl (C=O) groups is 1. The highest BCUT2D eigenvalue weighted by molar-refractivity contribution is 6.12. The Morgan fingerprint density at radius 3 is 2.30 bits per heavy atom. The van der Waals surface area contributed by atoms with E-state index < -0.39 is 0 Å². The van der Waals surface area contributed by atoms with Crippen LogP contribution in [-0.2, 0) is 0 Å². The van der Waals surface area contributed by atoms with Crippen molar-refractivity contribution in [2.24, 2.45) is 0 Å². The molecule has 0 saturated heterocycles. The van der Waals surface area contributed by atoms with E-state index in [0.717, 1.165) is 5.56 Å². The summed E-state index contributed by atoms with van der Waals surface area (Å²) in [5.41, 5.74) is 8.34. The first-order chi connectivity index (χ1) is 9.56. The zero-order valence-corrected chi connectivity index (χ0v) is 11.8. The number of hydrogen-bond acceptors (Lipinski definition) is 4. The van der Waals surface area contributed by atoms with Gasteiger partial charge >= 0.3 is 0 Å². The highest BCUT2D eigenvalue weighted by Crippen LogP contribution is 2.32. The fraction of sp³-hybridized carbons (Fsp3) is 0.188. The zero-order chi connectivity index (χ0) is 14.7. The van der Waals surface area contributed by atoms with Crippen LogP contribution in [-0.4, -0.2) is 20.0 Å². The highest BCUT2D eigenvalue weighted by atomic mass is 16.5. The van der Waals surface area contributed by atoms with Crippen LogP contribution in [0.15, 0.2) is 36.4 Å². The third-order valence-corrected chi connectivity index (χ3v) is 3.08. The summed E-state index contributed by atoms with van der Waals surface area (Å²) in [5.74, 6) is 0.857. The lowest BCUT2D eigenvalue weighted by Gasteiger charge is -2.12. The van der Waals surface area contributed by atoms with E-state index in [1.54, 1.807) is 18.2 Å². The first kappa shape index (κ1) is 13.9. The van der Waals surface area contributed by atoms with Gasteiger partial charge in [0, 0.05) is 22.9 Å². The maximum Gasteiger partial charge on any atom is 0.195 e. The molecular weight excluding hydrogens is 254 g/mol. The Balaban J connectivity index is 2.49. The van der Waals surface area contributed by atoms with Gasteiger partial charge in [0.25, 0.3) is 0 Å². The summed E-state index contributed by atoms with van der Waals surface area (Å²) in [6, 6.07) is 10.6. The summed E-state index contributed by atoms with van der Waals surface area (Å²) >= 11 is 0. The van der Waals surface area contributed by atoms with Crippen molar-refractivity contribution in [3.63, 3.8) is 0 Å². The van der Waals surface area contributed by atoms with E-state index in [2.05, 4.69) is 0 Å². The number of nitrogen functional groups attached to an aromatic ring is 1. The van der Waals surface area contributed by atoms with Gasteiger partial charge in [-0.1, -0.05) is 23.8 Å². The van der Waals surface area contributed by atoms with E-state index in [1.165, 1.54) is 14.2 Å². The Morgan fingerprint density at radius 1 is 1.05 bits per heavy atom. The smallest absolute Gasteiger partial charge is 0.195 e. The Morgan fingerprint density at radius 2 is 1.70 bits per heavy atom. The topological polar surface area (TPSA) is 61.5 Å². The van der Waals surface area contributed by atoms with Gasteiger partial charge in [-0.25, -0.2) is 0 Å². The molecule has 4 heteroatoms. The lowest BCUT2D eigenvalue weighted by atomic mass is 10.00. The summed E-state index contributed by atoms with van der Waals surface area (Å²) in [4.78, 5) is 12.5. The summed E-state index contributed by atoms with van der Waals surface area (Å²) in [5, 5.41) is 0. The third-order valence-electron chi connectivity index (χ3n) is 3.08. The van der Waals surface area contributed by atoms with Crippen LogP contribution in [0.4, 0.5) is 5.69 Å². The largest absolute Gasteiger partial charge is 0.493 e. The highest BCUT2D eigenvalue weighted by Gasteiger charge is 2.16. The van der Waals surface area contributed by atoms with Gasteiger partial charge in [0.2, 0.25) is 0 Å². The second-order valence-corrected chi connectivity index (χ2v) is 4.49. The molecule has 0 aromatic heterocycles. The molecule has 104 valence electrons. The van der Waals surface area contributed by atoms with Crippen molar-refractivity contribution in [1.29, 1.82) is 0 Å². The monoisotopic (exact) mass is 271 g/mol. The first-order valence-corrected chi connectivity index (χ1v) is 6.19. The van der Waals surface area contributed by atoms with Gasteiger partial charge in [-0.15, -0.1) is 0 Å². The second kappa shape index (κ2) is 5.65. The standard InChI is InChI=1S/C16H17NO3/c1-10-5-4-6-11(7-10)16(18)12-8-14(19-2)15(20-3)9-13(12)17/h4-9H,17H2,1-3H3. The van der Waals surface area contributed by atoms with Crippen LogP contribution in [0.1, 0.15) is 21.5 Å². The Labute approximate surface area is 118 Å². The predicted molar refractivity (Wildman–Crippen MR) is 78.6 cm³/mol. The fourth-order valence-electron chi connectivity index (χ4n) is 2.03. The minimum absolute atomic E-state index is 0.132. The van der Waals surface area contributed by atoms with E-state index >= 15 is 0 Å². The van der Waals surface area contributed by atoms with Crippen LogP contribution < -0.4 is 15.2 Å². The minimum Gasteiger partial charge on any atom is -0.493 e. The number of aryl methyl sites for hydroxylation is 1. The summed E-state index contributed by atoms with van der Waals surface area (Å²) in [6.07, 6.45) is 0. The quantitative estimate of drug-likeness (QED) is 0.686. The number of methoxy groups -OCH3 is 2. The van der Waals surface area contributed by atoms with Crippen molar-refractivity contribution in [3.8, 4) is 11.5 Å². The molecule has 0 aliphatic carbocycles. The van der Waals surface area contributed by atoms with Crippen molar-refractivity contribution < 1.29 is 14.3 Å². The van der Waals surface area contributed by atoms with E-state index in [1.807, 2.05) is 25.1 Å². The average molecular weight is 271 g/mol. The van der Waals surface area contributed by atoms with Gasteiger partial charge < -0.3 is 15.2 Å². The molecule has 20 heavy (non-hydrogen) atoms. The van der Waals surface area contributed by atoms with Gasteiger partial charge in [-0.3, -0.25) is 4.79 Å². The molecule has 0 aliphatic heterocycles. The number of ether oxygens (including phenoxy) is 2. The lowest BCUT2D eigenvalue weighted by Crippen LogP contribution is -2.07. The van der Waals surface area contributed by atoms with Crippen LogP contribution in [0.3, 0.4) is 0 Å². The summed E-state index contributed by atoms with van der Waals surface area (Å²) in [6.45, 7) is 1.94. The molecule has 0 atom stereocenters. The van der Waals surface area contributed by atoms with E-state index in [4.69, 9.17) is 15.2 Å². The molecule has 0 heterocycles. The van der Waals surface area contributed by atoms with Crippen LogP contribution in [0, 0.1) is 6.92 Å². The maximum absolute atomic E-state index is 12.5. The van der Waals surface area contributed by atoms with Gasteiger partial charge in [-0.2, -0.15) is 0 Å². The molecule has 2 N–H and O–H groups in total. The fourth-order valence-corrected chi connectivity index (χ4v) is 2.03. The zero-order valence-electron chi connectivity index (χ0n) is 11.8. The summed E-state index contributed by atoms with van der Waals surface area (Å²) < 4.78 is 10.4. The first-order valence-electron chi connectivity index (χ1n) is 6.19. The Bertz CT molecular complexity index is 650. The van der Waals surface area contributed by atoms with Crippen LogP contribution >= 0.6 is 0 Å². The van der Waals surface area contributed by atoms with Crippen molar-refractivity contribution in [2.45, 2.75) is 6.92 Å². The Kier molecular flexibility index (Phi) is 3.94. The molecule has 0 saturated carbocycles. The van der Waals surface area contributed by atoms with Gasteiger partial charge in [0.15, 0.2) is 17.3 Å². The number of rotatable bonds is 4. The van der Waals surface area contributed by atoms with Crippen LogP contribution in [0.5, 0.6) is 11.5 Å². The van der Waals surface area contributed by atoms with Gasteiger partial charge in [0.05, 0.1) is 14.2 Å². The second-order valence-electron chi connectivity index (χ2n) is 4.49. The normalized spacial score (nSPS) is 10.2. The Hall–Kier alpha value is -2.49. The number of anilines is 1. The molecular formula is C16H17NO3. The minimum atomic E-state index is -0.132. The van der Waals surface area contributed by atoms with Gasteiger partial charge in [-0.05, 0) is 19.1 Å². The van der Waals surface area contributed by atoms with Crippen molar-refractivity contribution >= 4 is 11.5 Å². The molecule has 0 unspecified atom stereocenters. The van der Waals surface area contributed by atoms with Crippen molar-refractivity contribution in [2.75, 3.05) is 20.0 Å². The lowest BCUT2D eigenvalue weighted by molar-refractivity contribution is 0.103. The molecule has 2 aromatic rings. The third kappa shape index (κ3) is 2.59. The van der Waals surface area contributed by atoms with E-state index in [-0.39, 0.29) is 5.78 Å². The van der Waals surface area contributed by atoms with E-state index in [0.29, 0.717) is 28.3 Å². The SMILES string of the molecule is COc1cc(N)c(C(=O)c2cccc(C)c2)cc1OC.